The zero-order valence-electron chi connectivity index (χ0n) is 39.4. The minimum atomic E-state index is -1.88. The number of fused-ring (bicyclic) bond motifs is 7. The number of carboxylic acid groups (broad SMARTS) is 1. The summed E-state index contributed by atoms with van der Waals surface area (Å²) in [4.78, 5) is 13.1. The van der Waals surface area contributed by atoms with Gasteiger partial charge in [-0.2, -0.15) is 0 Å². The van der Waals surface area contributed by atoms with Gasteiger partial charge in [0, 0.05) is 0 Å². The van der Waals surface area contributed by atoms with Crippen LogP contribution >= 0.6 is 0 Å². The molecule has 17 heteroatoms. The maximum absolute atomic E-state index is 13.1. The molecule has 0 bridgehead atoms. The van der Waals surface area contributed by atoms with Crippen molar-refractivity contribution in [1.82, 2.24) is 0 Å². The molecule has 0 amide bonds. The zero-order valence-corrected chi connectivity index (χ0v) is 39.4. The molecule has 0 aromatic carbocycles. The molecule has 5 aliphatic carbocycles. The van der Waals surface area contributed by atoms with Gasteiger partial charge in [0.2, 0.25) is 0 Å². The molecule has 23 atom stereocenters. The molecule has 3 heterocycles. The van der Waals surface area contributed by atoms with E-state index >= 15 is 0 Å². The Balaban J connectivity index is 0.996. The molecule has 17 nitrogen and oxygen atoms in total. The lowest BCUT2D eigenvalue weighted by molar-refractivity contribution is -0.384. The van der Waals surface area contributed by atoms with Gasteiger partial charge >= 0.3 is 5.97 Å². The van der Waals surface area contributed by atoms with Crippen LogP contribution in [0.5, 0.6) is 0 Å². The summed E-state index contributed by atoms with van der Waals surface area (Å²) in [5.41, 5.74) is 0.0202. The van der Waals surface area contributed by atoms with Crippen molar-refractivity contribution in [3.05, 3.63) is 11.6 Å². The first kappa shape index (κ1) is 50.0. The predicted octanol–water partition coefficient (Wildman–Crippen LogP) is 1.73. The molecule has 0 spiro atoms. The first-order valence-corrected chi connectivity index (χ1v) is 24.2. The van der Waals surface area contributed by atoms with Gasteiger partial charge in [0.1, 0.15) is 67.1 Å². The smallest absolute Gasteiger partial charge is 0.310 e. The van der Waals surface area contributed by atoms with Crippen LogP contribution in [0.1, 0.15) is 120 Å². The van der Waals surface area contributed by atoms with Crippen LogP contribution in [0.4, 0.5) is 0 Å². The topological polar surface area (TPSA) is 275 Å². The predicted molar refractivity (Wildman–Crippen MR) is 229 cm³/mol. The Kier molecular flexibility index (Phi) is 13.4. The van der Waals surface area contributed by atoms with Crippen molar-refractivity contribution in [2.75, 3.05) is 13.2 Å². The molecule has 0 radical (unpaired) electrons. The van der Waals surface area contributed by atoms with Crippen molar-refractivity contribution in [3.63, 3.8) is 0 Å². The Hall–Kier alpha value is -1.39. The summed E-state index contributed by atoms with van der Waals surface area (Å²) in [6.45, 7) is 16.3. The Morgan fingerprint density at radius 3 is 1.77 bits per heavy atom. The van der Waals surface area contributed by atoms with Crippen LogP contribution in [0.15, 0.2) is 11.6 Å². The van der Waals surface area contributed by atoms with Crippen molar-refractivity contribution in [3.8, 4) is 0 Å². The number of aliphatic carboxylic acids is 1. The molecule has 3 saturated heterocycles. The normalized spacial score (nSPS) is 54.0. The van der Waals surface area contributed by atoms with Gasteiger partial charge in [0.25, 0.3) is 0 Å². The molecule has 8 aliphatic rings. The van der Waals surface area contributed by atoms with Gasteiger partial charge in [0.15, 0.2) is 18.9 Å². The summed E-state index contributed by atoms with van der Waals surface area (Å²) in [5, 5.41) is 108. The van der Waals surface area contributed by atoms with Crippen molar-refractivity contribution < 1.29 is 84.3 Å². The van der Waals surface area contributed by atoms with Crippen LogP contribution in [-0.4, -0.2) is 168 Å². The molecule has 3 aliphatic heterocycles. The average Bonchev–Trinajstić information content (AvgIpc) is 3.24. The first-order chi connectivity index (χ1) is 30.3. The summed E-state index contributed by atoms with van der Waals surface area (Å²) in [7, 11) is 0. The second-order valence-corrected chi connectivity index (χ2v) is 23.5. The SMILES string of the molecule is C[C@@H]1O[C@@H](O[C@@H]2[C@@H](O)[C@H](O[C@@H]3[C@@H](O)[C@H](O[C@H]4CC[C@]5(C)[C@H]6CC=C7[C@@H]8CC(C)(C)CC[C@]8(C(=O)O)CC[C@@]7(C)[C@]6(C)CC[C@H]5C4(C)C)O[C@H](CO)[C@H]3O)O[C@H](CO)[C@H]2O)[C@H](O)[C@H](O)[C@H]1O. The van der Waals surface area contributed by atoms with E-state index in [-0.39, 0.29) is 33.5 Å². The third kappa shape index (κ3) is 7.81. The highest BCUT2D eigenvalue weighted by Gasteiger charge is 2.70. The quantitative estimate of drug-likeness (QED) is 0.117. The standard InChI is InChI=1S/C48H78O17/c1-22-30(51)33(54)34(55)39(60-22)64-38-32(53)26(21-50)62-41(36(38)57)65-37-31(52)25(20-49)61-40(35(37)56)63-29-12-13-45(6)27(44(29,4)5)11-14-47(8)28(45)10-9-23-24-19-43(2,3)15-17-48(24,42(58)59)18-16-46(23,47)7/h9,22,24-41,49-57H,10-21H2,1-8H3,(H,58,59)/t22-,24-,25+,26+,27-,28+,29-,30-,31+,32+,33+,34+,35+,36+,37-,38-,39-,40-,41-,45-,46+,47+,48-/m0/s1. The van der Waals surface area contributed by atoms with Gasteiger partial charge < -0.3 is 79.5 Å². The molecule has 7 fully saturated rings. The summed E-state index contributed by atoms with van der Waals surface area (Å²) >= 11 is 0. The summed E-state index contributed by atoms with van der Waals surface area (Å²) in [6, 6.07) is 0. The summed E-state index contributed by atoms with van der Waals surface area (Å²) in [6.07, 6.45) is -13.2. The van der Waals surface area contributed by atoms with Crippen LogP contribution in [0, 0.1) is 50.2 Å². The highest BCUT2D eigenvalue weighted by molar-refractivity contribution is 5.76. The Bertz CT molecular complexity index is 1780. The van der Waals surface area contributed by atoms with E-state index in [1.165, 1.54) is 12.5 Å². The van der Waals surface area contributed by atoms with Gasteiger partial charge in [-0.3, -0.25) is 4.79 Å². The zero-order chi connectivity index (χ0) is 47.6. The van der Waals surface area contributed by atoms with Crippen LogP contribution < -0.4 is 0 Å². The van der Waals surface area contributed by atoms with E-state index in [1.807, 2.05) is 0 Å². The first-order valence-electron chi connectivity index (χ1n) is 24.2. The molecule has 10 N–H and O–H groups in total. The van der Waals surface area contributed by atoms with Crippen molar-refractivity contribution >= 4 is 5.97 Å². The number of hydrogen-bond donors (Lipinski definition) is 10. The van der Waals surface area contributed by atoms with Gasteiger partial charge in [-0.1, -0.05) is 60.1 Å². The second kappa shape index (κ2) is 17.5. The van der Waals surface area contributed by atoms with E-state index in [9.17, 15) is 55.9 Å². The monoisotopic (exact) mass is 927 g/mol. The lowest BCUT2D eigenvalue weighted by Crippen LogP contribution is -2.67. The highest BCUT2D eigenvalue weighted by atomic mass is 16.8. The van der Waals surface area contributed by atoms with Crippen molar-refractivity contribution in [2.45, 2.75) is 218 Å². The average molecular weight is 927 g/mol. The van der Waals surface area contributed by atoms with Crippen molar-refractivity contribution in [2.24, 2.45) is 50.2 Å². The van der Waals surface area contributed by atoms with Gasteiger partial charge in [0.05, 0.1) is 30.8 Å². The van der Waals surface area contributed by atoms with Crippen LogP contribution in [0.2, 0.25) is 0 Å². The minimum absolute atomic E-state index is 0.0210. The van der Waals surface area contributed by atoms with Gasteiger partial charge in [-0.05, 0) is 116 Å². The van der Waals surface area contributed by atoms with Crippen molar-refractivity contribution in [1.29, 1.82) is 0 Å². The van der Waals surface area contributed by atoms with E-state index in [0.29, 0.717) is 25.2 Å². The number of carbonyl (C=O) groups is 1. The van der Waals surface area contributed by atoms with Gasteiger partial charge in [-0.15, -0.1) is 0 Å². The van der Waals surface area contributed by atoms with E-state index in [0.717, 1.165) is 44.9 Å². The van der Waals surface area contributed by atoms with Crippen LogP contribution in [0.3, 0.4) is 0 Å². The fourth-order valence-corrected chi connectivity index (χ4v) is 15.1. The van der Waals surface area contributed by atoms with Gasteiger partial charge in [-0.25, -0.2) is 0 Å². The molecular formula is C48H78O17. The van der Waals surface area contributed by atoms with E-state index < -0.39 is 128 Å². The molecule has 8 rings (SSSR count). The third-order valence-corrected chi connectivity index (χ3v) is 19.3. The van der Waals surface area contributed by atoms with Crippen LogP contribution in [-0.2, 0) is 33.2 Å². The molecule has 0 aromatic heterocycles. The number of ether oxygens (including phenoxy) is 6. The molecule has 372 valence electrons. The Labute approximate surface area is 382 Å². The largest absolute Gasteiger partial charge is 0.481 e. The van der Waals surface area contributed by atoms with Crippen LogP contribution in [0.25, 0.3) is 0 Å². The summed E-state index contributed by atoms with van der Waals surface area (Å²) < 4.78 is 35.9. The number of hydrogen-bond acceptors (Lipinski definition) is 16. The van der Waals surface area contributed by atoms with E-state index in [1.54, 1.807) is 0 Å². The lowest BCUT2D eigenvalue weighted by atomic mass is 9.33. The number of allylic oxidation sites excluding steroid dienone is 2. The number of carboxylic acids is 1. The molecular weight excluding hydrogens is 849 g/mol. The second-order valence-electron chi connectivity index (χ2n) is 23.5. The lowest BCUT2D eigenvalue weighted by Gasteiger charge is -2.71. The van der Waals surface area contributed by atoms with E-state index in [2.05, 4.69) is 54.5 Å². The summed E-state index contributed by atoms with van der Waals surface area (Å²) in [5.74, 6) is -0.0819. The maximum Gasteiger partial charge on any atom is 0.310 e. The molecule has 0 unspecified atom stereocenters. The molecule has 4 saturated carbocycles. The fourth-order valence-electron chi connectivity index (χ4n) is 15.1. The Morgan fingerprint density at radius 1 is 0.646 bits per heavy atom. The fraction of sp³-hybridized carbons (Fsp3) is 0.938. The minimum Gasteiger partial charge on any atom is -0.481 e. The number of rotatable bonds is 9. The Morgan fingerprint density at radius 2 is 1.20 bits per heavy atom. The van der Waals surface area contributed by atoms with E-state index in [4.69, 9.17) is 28.4 Å². The molecule has 0 aromatic rings. The highest BCUT2D eigenvalue weighted by Crippen LogP contribution is 2.76. The maximum atomic E-state index is 13.1. The third-order valence-electron chi connectivity index (χ3n) is 19.3. The molecule has 65 heavy (non-hydrogen) atoms. The number of aliphatic hydroxyl groups is 9. The number of aliphatic hydroxyl groups excluding tert-OH is 9.